The first-order chi connectivity index (χ1) is 8.70. The fourth-order valence-electron chi connectivity index (χ4n) is 1.83. The van der Waals surface area contributed by atoms with Crippen LogP contribution in [0.25, 0.3) is 10.2 Å². The van der Waals surface area contributed by atoms with Gasteiger partial charge in [0.15, 0.2) is 0 Å². The molecule has 0 unspecified atom stereocenters. The van der Waals surface area contributed by atoms with Crippen molar-refractivity contribution in [3.63, 3.8) is 0 Å². The van der Waals surface area contributed by atoms with Crippen LogP contribution in [0.2, 0.25) is 0 Å². The van der Waals surface area contributed by atoms with Gasteiger partial charge in [-0.15, -0.1) is 11.3 Å². The highest BCUT2D eigenvalue weighted by Crippen LogP contribution is 2.28. The van der Waals surface area contributed by atoms with Gasteiger partial charge < -0.3 is 4.74 Å². The van der Waals surface area contributed by atoms with E-state index in [4.69, 9.17) is 4.74 Å². The first kappa shape index (κ1) is 11.2. The maximum Gasteiger partial charge on any atom is 0.129 e. The fraction of sp³-hybridized carbons (Fsp3) is 0.133. The summed E-state index contributed by atoms with van der Waals surface area (Å²) < 4.78 is 7.01. The van der Waals surface area contributed by atoms with Crippen LogP contribution < -0.4 is 4.74 Å². The molecule has 0 saturated carbocycles. The van der Waals surface area contributed by atoms with Crippen LogP contribution in [-0.2, 0) is 0 Å². The summed E-state index contributed by atoms with van der Waals surface area (Å²) in [5.74, 6) is 1.68. The van der Waals surface area contributed by atoms with Crippen molar-refractivity contribution >= 4 is 21.6 Å². The summed E-state index contributed by atoms with van der Waals surface area (Å²) in [7, 11) is 0. The number of aromatic nitrogens is 1. The second kappa shape index (κ2) is 4.42. The highest BCUT2D eigenvalue weighted by Gasteiger charge is 2.03. The van der Waals surface area contributed by atoms with Gasteiger partial charge in [0.1, 0.15) is 11.5 Å². The van der Waals surface area contributed by atoms with Crippen LogP contribution in [0.4, 0.5) is 0 Å². The molecule has 1 aromatic heterocycles. The van der Waals surface area contributed by atoms with Crippen molar-refractivity contribution in [1.82, 2.24) is 4.98 Å². The van der Waals surface area contributed by atoms with Crippen LogP contribution in [0.1, 0.15) is 10.6 Å². The molecule has 2 aromatic carbocycles. The smallest absolute Gasteiger partial charge is 0.129 e. The summed E-state index contributed by atoms with van der Waals surface area (Å²) >= 11 is 1.70. The summed E-state index contributed by atoms with van der Waals surface area (Å²) in [5.41, 5.74) is 2.23. The van der Waals surface area contributed by atoms with Crippen molar-refractivity contribution in [3.8, 4) is 11.5 Å². The molecule has 0 N–H and O–H groups in total. The van der Waals surface area contributed by atoms with Crippen LogP contribution >= 0.6 is 11.3 Å². The largest absolute Gasteiger partial charge is 0.457 e. The van der Waals surface area contributed by atoms with Crippen molar-refractivity contribution < 1.29 is 4.74 Å². The van der Waals surface area contributed by atoms with Crippen molar-refractivity contribution in [3.05, 3.63) is 53.0 Å². The van der Waals surface area contributed by atoms with Gasteiger partial charge in [0.25, 0.3) is 0 Å². The molecular formula is C15H13NOS. The second-order valence-corrected chi connectivity index (χ2v) is 5.51. The van der Waals surface area contributed by atoms with Gasteiger partial charge in [0, 0.05) is 6.07 Å². The third-order valence-corrected chi connectivity index (χ3v) is 3.67. The van der Waals surface area contributed by atoms with Gasteiger partial charge in [0.2, 0.25) is 0 Å². The Morgan fingerprint density at radius 1 is 0.944 bits per heavy atom. The number of hydrogen-bond acceptors (Lipinski definition) is 3. The number of benzene rings is 2. The van der Waals surface area contributed by atoms with Gasteiger partial charge in [-0.25, -0.2) is 4.98 Å². The summed E-state index contributed by atoms with van der Waals surface area (Å²) in [6.07, 6.45) is 0. The van der Waals surface area contributed by atoms with Gasteiger partial charge in [-0.1, -0.05) is 17.7 Å². The molecule has 90 valence electrons. The Morgan fingerprint density at radius 3 is 2.44 bits per heavy atom. The summed E-state index contributed by atoms with van der Waals surface area (Å²) in [6.45, 7) is 4.08. The van der Waals surface area contributed by atoms with E-state index in [9.17, 15) is 0 Å². The van der Waals surface area contributed by atoms with E-state index in [1.54, 1.807) is 11.3 Å². The third kappa shape index (κ3) is 2.22. The first-order valence-electron chi connectivity index (χ1n) is 5.82. The molecule has 0 aliphatic heterocycles. The molecule has 0 amide bonds. The maximum absolute atomic E-state index is 5.82. The Hall–Kier alpha value is -1.87. The van der Waals surface area contributed by atoms with Gasteiger partial charge in [-0.05, 0) is 38.1 Å². The number of ether oxygens (including phenoxy) is 1. The zero-order valence-electron chi connectivity index (χ0n) is 10.3. The molecule has 1 heterocycles. The van der Waals surface area contributed by atoms with E-state index < -0.39 is 0 Å². The van der Waals surface area contributed by atoms with Gasteiger partial charge in [-0.2, -0.15) is 0 Å². The second-order valence-electron chi connectivity index (χ2n) is 4.28. The van der Waals surface area contributed by atoms with Crippen molar-refractivity contribution in [2.24, 2.45) is 0 Å². The van der Waals surface area contributed by atoms with Crippen molar-refractivity contribution in [2.75, 3.05) is 0 Å². The molecule has 0 bridgehead atoms. The minimum absolute atomic E-state index is 0.830. The van der Waals surface area contributed by atoms with Crippen LogP contribution in [0.5, 0.6) is 11.5 Å². The third-order valence-electron chi connectivity index (χ3n) is 2.72. The minimum atomic E-state index is 0.830. The molecular weight excluding hydrogens is 242 g/mol. The highest BCUT2D eigenvalue weighted by molar-refractivity contribution is 7.18. The molecule has 2 nitrogen and oxygen atoms in total. The van der Waals surface area contributed by atoms with Crippen molar-refractivity contribution in [2.45, 2.75) is 13.8 Å². The Morgan fingerprint density at radius 2 is 1.67 bits per heavy atom. The predicted molar refractivity (Wildman–Crippen MR) is 75.6 cm³/mol. The lowest BCUT2D eigenvalue weighted by Gasteiger charge is -2.05. The lowest BCUT2D eigenvalue weighted by atomic mass is 10.2. The molecule has 0 atom stereocenters. The van der Waals surface area contributed by atoms with E-state index in [1.165, 1.54) is 10.3 Å². The molecule has 0 aliphatic carbocycles. The average Bonchev–Trinajstić information content (AvgIpc) is 2.71. The van der Waals surface area contributed by atoms with E-state index >= 15 is 0 Å². The van der Waals surface area contributed by atoms with Crippen LogP contribution in [0.3, 0.4) is 0 Å². The number of thiazole rings is 1. The Balaban J connectivity index is 1.92. The predicted octanol–water partition coefficient (Wildman–Crippen LogP) is 4.71. The first-order valence-corrected chi connectivity index (χ1v) is 6.64. The normalized spacial score (nSPS) is 10.8. The standard InChI is InChI=1S/C15H13NOS/c1-10-3-5-12(6-4-10)17-13-7-8-15-14(9-13)16-11(2)18-15/h3-9H,1-2H3. The molecule has 0 fully saturated rings. The fourth-order valence-corrected chi connectivity index (χ4v) is 2.64. The number of hydrogen-bond donors (Lipinski definition) is 0. The Labute approximate surface area is 110 Å². The number of nitrogens with zero attached hydrogens (tertiary/aromatic N) is 1. The van der Waals surface area contributed by atoms with E-state index in [2.05, 4.69) is 18.0 Å². The lowest BCUT2D eigenvalue weighted by molar-refractivity contribution is 0.483. The molecule has 3 heteroatoms. The average molecular weight is 255 g/mol. The zero-order chi connectivity index (χ0) is 12.5. The Bertz CT molecular complexity index is 685. The Kier molecular flexibility index (Phi) is 2.76. The van der Waals surface area contributed by atoms with Crippen LogP contribution in [0.15, 0.2) is 42.5 Å². The summed E-state index contributed by atoms with van der Waals surface area (Å²) in [4.78, 5) is 4.47. The van der Waals surface area contributed by atoms with Gasteiger partial charge in [0.05, 0.1) is 15.2 Å². The molecule has 3 rings (SSSR count). The van der Waals surface area contributed by atoms with Crippen LogP contribution in [0, 0.1) is 13.8 Å². The SMILES string of the molecule is Cc1ccc(Oc2ccc3sc(C)nc3c2)cc1. The van der Waals surface area contributed by atoms with Crippen molar-refractivity contribution in [1.29, 1.82) is 0 Å². The van der Waals surface area contributed by atoms with E-state index in [-0.39, 0.29) is 0 Å². The summed E-state index contributed by atoms with van der Waals surface area (Å²) in [6, 6.07) is 14.1. The minimum Gasteiger partial charge on any atom is -0.457 e. The van der Waals surface area contributed by atoms with E-state index in [0.717, 1.165) is 22.0 Å². The topological polar surface area (TPSA) is 22.1 Å². The lowest BCUT2D eigenvalue weighted by Crippen LogP contribution is -1.84. The number of aryl methyl sites for hydroxylation is 2. The van der Waals surface area contributed by atoms with E-state index in [1.807, 2.05) is 43.3 Å². The van der Waals surface area contributed by atoms with Crippen LogP contribution in [-0.4, -0.2) is 4.98 Å². The van der Waals surface area contributed by atoms with Gasteiger partial charge >= 0.3 is 0 Å². The molecule has 0 aliphatic rings. The number of fused-ring (bicyclic) bond motifs is 1. The zero-order valence-corrected chi connectivity index (χ0v) is 11.1. The monoisotopic (exact) mass is 255 g/mol. The molecule has 0 radical (unpaired) electrons. The summed E-state index contributed by atoms with van der Waals surface area (Å²) in [5, 5.41) is 1.08. The van der Waals surface area contributed by atoms with E-state index in [0.29, 0.717) is 0 Å². The highest BCUT2D eigenvalue weighted by atomic mass is 32.1. The van der Waals surface area contributed by atoms with Gasteiger partial charge in [-0.3, -0.25) is 0 Å². The molecule has 0 spiro atoms. The molecule has 0 saturated heterocycles. The molecule has 18 heavy (non-hydrogen) atoms. The quantitative estimate of drug-likeness (QED) is 0.662. The number of rotatable bonds is 2. The maximum atomic E-state index is 5.82. The molecule has 3 aromatic rings.